The Labute approximate surface area is 133 Å². The van der Waals surface area contributed by atoms with Gasteiger partial charge in [0.15, 0.2) is 0 Å². The highest BCUT2D eigenvalue weighted by atomic mass is 79.9. The molecule has 0 amide bonds. The van der Waals surface area contributed by atoms with Crippen molar-refractivity contribution in [3.05, 3.63) is 38.3 Å². The number of benzene rings is 1. The monoisotopic (exact) mass is 365 g/mol. The summed E-state index contributed by atoms with van der Waals surface area (Å²) in [6.07, 6.45) is 1.10. The van der Waals surface area contributed by atoms with Crippen molar-refractivity contribution in [1.82, 2.24) is 5.32 Å². The van der Waals surface area contributed by atoms with Crippen molar-refractivity contribution in [3.63, 3.8) is 0 Å². The summed E-state index contributed by atoms with van der Waals surface area (Å²) in [5.41, 5.74) is 3.51. The molecule has 0 spiro atoms. The van der Waals surface area contributed by atoms with Crippen LogP contribution in [0.4, 0.5) is 0 Å². The zero-order valence-corrected chi connectivity index (χ0v) is 14.2. The summed E-state index contributed by atoms with van der Waals surface area (Å²) in [6, 6.07) is 4.08. The van der Waals surface area contributed by atoms with E-state index in [1.807, 2.05) is 13.0 Å². The average molecular weight is 367 g/mol. The van der Waals surface area contributed by atoms with Gasteiger partial charge in [-0.1, -0.05) is 46.1 Å². The van der Waals surface area contributed by atoms with Gasteiger partial charge in [0.1, 0.15) is 12.4 Å². The van der Waals surface area contributed by atoms with Crippen LogP contribution in [0.3, 0.4) is 0 Å². The zero-order valence-electron chi connectivity index (χ0n) is 11.1. The second-order valence-corrected chi connectivity index (χ2v) is 5.85. The highest BCUT2D eigenvalue weighted by Gasteiger charge is 2.09. The maximum Gasteiger partial charge on any atom is 0.127 e. The molecule has 0 aliphatic heterocycles. The summed E-state index contributed by atoms with van der Waals surface area (Å²) in [4.78, 5) is 0. The van der Waals surface area contributed by atoms with Gasteiger partial charge in [-0.2, -0.15) is 0 Å². The summed E-state index contributed by atoms with van der Waals surface area (Å²) in [5.74, 6) is 0.864. The number of hydrogen-bond acceptors (Lipinski definition) is 2. The first-order chi connectivity index (χ1) is 9.08. The van der Waals surface area contributed by atoms with Gasteiger partial charge in [-0.25, -0.2) is 0 Å². The number of aryl methyl sites for hydroxylation is 1. The molecule has 1 aromatic carbocycles. The fraction of sp³-hybridized carbons (Fsp3) is 0.429. The SMILES string of the molecule is CCCNCc1cc(Br)cc(C)c1OC/C(Cl)=C/Cl. The third kappa shape index (κ3) is 5.74. The maximum absolute atomic E-state index is 5.86. The number of hydrogen-bond donors (Lipinski definition) is 1. The molecular weight excluding hydrogens is 349 g/mol. The summed E-state index contributed by atoms with van der Waals surface area (Å²) in [6.45, 7) is 6.19. The van der Waals surface area contributed by atoms with E-state index in [0.717, 1.165) is 40.9 Å². The Morgan fingerprint density at radius 2 is 2.21 bits per heavy atom. The van der Waals surface area contributed by atoms with Crippen LogP contribution in [0.5, 0.6) is 5.75 Å². The van der Waals surface area contributed by atoms with E-state index in [2.05, 4.69) is 34.2 Å². The van der Waals surface area contributed by atoms with E-state index in [1.54, 1.807) is 0 Å². The predicted octanol–water partition coefficient (Wildman–Crippen LogP) is 4.95. The van der Waals surface area contributed by atoms with Crippen LogP contribution in [-0.4, -0.2) is 13.2 Å². The molecule has 1 rings (SSSR count). The quantitative estimate of drug-likeness (QED) is 0.689. The van der Waals surface area contributed by atoms with Crippen molar-refractivity contribution in [2.45, 2.75) is 26.8 Å². The Hall–Kier alpha value is -0.220. The van der Waals surface area contributed by atoms with Gasteiger partial charge in [-0.3, -0.25) is 0 Å². The molecule has 106 valence electrons. The molecule has 0 heterocycles. The van der Waals surface area contributed by atoms with Crippen LogP contribution in [0, 0.1) is 6.92 Å². The van der Waals surface area contributed by atoms with Gasteiger partial charge >= 0.3 is 0 Å². The number of nitrogens with one attached hydrogen (secondary N) is 1. The first kappa shape index (κ1) is 16.8. The van der Waals surface area contributed by atoms with Gasteiger partial charge in [-0.05, 0) is 37.6 Å². The van der Waals surface area contributed by atoms with Crippen molar-refractivity contribution in [2.24, 2.45) is 0 Å². The lowest BCUT2D eigenvalue weighted by Gasteiger charge is -2.15. The summed E-state index contributed by atoms with van der Waals surface area (Å²) in [5, 5.41) is 3.86. The Balaban J connectivity index is 2.86. The lowest BCUT2D eigenvalue weighted by atomic mass is 10.1. The van der Waals surface area contributed by atoms with Crippen LogP contribution < -0.4 is 10.1 Å². The Morgan fingerprint density at radius 1 is 1.47 bits per heavy atom. The van der Waals surface area contributed by atoms with Gasteiger partial charge in [0, 0.05) is 22.1 Å². The second-order valence-electron chi connectivity index (χ2n) is 4.23. The molecule has 0 fully saturated rings. The van der Waals surface area contributed by atoms with E-state index in [-0.39, 0.29) is 6.61 Å². The van der Waals surface area contributed by atoms with E-state index in [4.69, 9.17) is 27.9 Å². The van der Waals surface area contributed by atoms with E-state index < -0.39 is 0 Å². The van der Waals surface area contributed by atoms with Gasteiger partial charge in [0.05, 0.1) is 5.03 Å². The molecule has 0 bridgehead atoms. The molecule has 2 nitrogen and oxygen atoms in total. The van der Waals surface area contributed by atoms with Crippen LogP contribution in [0.2, 0.25) is 0 Å². The fourth-order valence-electron chi connectivity index (χ4n) is 1.71. The molecule has 0 radical (unpaired) electrons. The van der Waals surface area contributed by atoms with E-state index in [0.29, 0.717) is 5.03 Å². The van der Waals surface area contributed by atoms with Crippen LogP contribution in [0.1, 0.15) is 24.5 Å². The highest BCUT2D eigenvalue weighted by Crippen LogP contribution is 2.28. The molecule has 19 heavy (non-hydrogen) atoms. The Morgan fingerprint density at radius 3 is 2.84 bits per heavy atom. The highest BCUT2D eigenvalue weighted by molar-refractivity contribution is 9.10. The van der Waals surface area contributed by atoms with Gasteiger partial charge < -0.3 is 10.1 Å². The molecule has 0 saturated heterocycles. The van der Waals surface area contributed by atoms with Crippen molar-refractivity contribution < 1.29 is 4.74 Å². The average Bonchev–Trinajstić information content (AvgIpc) is 2.37. The van der Waals surface area contributed by atoms with Crippen LogP contribution in [-0.2, 0) is 6.54 Å². The second kappa shape index (κ2) is 8.85. The molecule has 0 atom stereocenters. The predicted molar refractivity (Wildman–Crippen MR) is 86.2 cm³/mol. The third-order valence-electron chi connectivity index (χ3n) is 2.53. The molecular formula is C14H18BrCl2NO. The smallest absolute Gasteiger partial charge is 0.127 e. The van der Waals surface area contributed by atoms with Gasteiger partial charge in [-0.15, -0.1) is 0 Å². The van der Waals surface area contributed by atoms with Crippen molar-refractivity contribution >= 4 is 39.1 Å². The molecule has 0 unspecified atom stereocenters. The topological polar surface area (TPSA) is 21.3 Å². The van der Waals surface area contributed by atoms with E-state index >= 15 is 0 Å². The van der Waals surface area contributed by atoms with Crippen LogP contribution in [0.15, 0.2) is 27.2 Å². The lowest BCUT2D eigenvalue weighted by molar-refractivity contribution is 0.351. The summed E-state index contributed by atoms with van der Waals surface area (Å²) >= 11 is 14.9. The van der Waals surface area contributed by atoms with E-state index in [1.165, 1.54) is 5.54 Å². The normalized spacial score (nSPS) is 11.7. The van der Waals surface area contributed by atoms with Crippen LogP contribution in [0.25, 0.3) is 0 Å². The first-order valence-corrected chi connectivity index (χ1v) is 7.76. The number of ether oxygens (including phenoxy) is 1. The molecule has 1 N–H and O–H groups in total. The zero-order chi connectivity index (χ0) is 14.3. The number of halogens is 3. The lowest BCUT2D eigenvalue weighted by Crippen LogP contribution is -2.15. The Bertz CT molecular complexity index is 449. The summed E-state index contributed by atoms with van der Waals surface area (Å²) in [7, 11) is 0. The largest absolute Gasteiger partial charge is 0.487 e. The molecule has 5 heteroatoms. The Kier molecular flexibility index (Phi) is 7.84. The minimum Gasteiger partial charge on any atom is -0.487 e. The van der Waals surface area contributed by atoms with Crippen molar-refractivity contribution in [3.8, 4) is 5.75 Å². The van der Waals surface area contributed by atoms with Gasteiger partial charge in [0.2, 0.25) is 0 Å². The maximum atomic E-state index is 5.86. The van der Waals surface area contributed by atoms with Crippen molar-refractivity contribution in [2.75, 3.05) is 13.2 Å². The van der Waals surface area contributed by atoms with Crippen molar-refractivity contribution in [1.29, 1.82) is 0 Å². The molecule has 1 aromatic rings. The summed E-state index contributed by atoms with van der Waals surface area (Å²) < 4.78 is 6.81. The standard InChI is InChI=1S/C14H18BrCl2NO/c1-3-4-18-8-11-6-12(15)5-10(2)14(11)19-9-13(17)7-16/h5-7,18H,3-4,8-9H2,1-2H3/b13-7-. The first-order valence-electron chi connectivity index (χ1n) is 6.15. The minimum atomic E-state index is 0.286. The number of rotatable bonds is 7. The molecule has 0 aliphatic rings. The molecule has 0 aliphatic carbocycles. The molecule has 0 saturated carbocycles. The van der Waals surface area contributed by atoms with Gasteiger partial charge in [0.25, 0.3) is 0 Å². The van der Waals surface area contributed by atoms with E-state index in [9.17, 15) is 0 Å². The fourth-order valence-corrected chi connectivity index (χ4v) is 2.45. The third-order valence-corrected chi connectivity index (χ3v) is 3.58. The van der Waals surface area contributed by atoms with Crippen LogP contribution >= 0.6 is 39.1 Å². The molecule has 0 aromatic heterocycles. The minimum absolute atomic E-state index is 0.286.